The number of nitrogens with two attached hydrogens (primary N) is 2. The fraction of sp³-hybridized carbons (Fsp3) is 0.0476. The first kappa shape index (κ1) is 39.1. The van der Waals surface area contributed by atoms with Crippen LogP contribution in [0.4, 0.5) is 47.6 Å². The zero-order chi connectivity index (χ0) is 40.7. The monoisotopic (exact) mass is 784 g/mol. The Hall–Kier alpha value is -7.65. The number of nitrogens with one attached hydrogen (secondary N) is 3. The minimum atomic E-state index is -4.30. The maximum Gasteiger partial charge on any atom is 0.417 e. The molecule has 0 heterocycles. The second-order valence-corrected chi connectivity index (χ2v) is 14.4. The van der Waals surface area contributed by atoms with Crippen molar-refractivity contribution in [1.82, 2.24) is 0 Å². The molecule has 0 atom stereocenters. The third kappa shape index (κ3) is 9.18. The molecule has 6 aromatic rings. The molecular formula is C42H36N6O8S. The van der Waals surface area contributed by atoms with Gasteiger partial charge in [0.1, 0.15) is 11.5 Å². The van der Waals surface area contributed by atoms with Crippen LogP contribution in [0.15, 0.2) is 149 Å². The first-order valence-corrected chi connectivity index (χ1v) is 18.7. The molecule has 15 heteroatoms. The topological polar surface area (TPSA) is 212 Å². The minimum Gasteiger partial charge on any atom is -0.410 e. The van der Waals surface area contributed by atoms with Crippen LogP contribution in [0.25, 0.3) is 11.1 Å². The number of anilines is 5. The van der Waals surface area contributed by atoms with Crippen molar-refractivity contribution >= 4 is 62.5 Å². The van der Waals surface area contributed by atoms with Gasteiger partial charge in [0.25, 0.3) is 0 Å². The quantitative estimate of drug-likeness (QED) is 0.0904. The van der Waals surface area contributed by atoms with E-state index in [0.29, 0.717) is 39.6 Å². The van der Waals surface area contributed by atoms with E-state index in [1.807, 2.05) is 19.1 Å². The van der Waals surface area contributed by atoms with Gasteiger partial charge in [0.2, 0.25) is 9.84 Å². The standard InChI is InChI=1S/C42H36N6O8S/c1-26-16-17-29(24-35(26)47-42(52)56-32-12-7-4-8-13-32)28-18-21-33(22-19-28)57(53,54)38-23-20-30(25-36(38)45-39(43)49)48(40(44)50)37-15-9-14-34(27(37)2)46-41(51)55-31-10-5-3-6-11-31/h3-25H,1-2H3,(H2,44,50)(H,46,51)(H,47,52)(H3,43,45,49). The van der Waals surface area contributed by atoms with E-state index in [9.17, 15) is 27.6 Å². The lowest BCUT2D eigenvalue weighted by atomic mass is 10.0. The highest BCUT2D eigenvalue weighted by atomic mass is 32.2. The number of aryl methyl sites for hydroxylation is 1. The fourth-order valence-corrected chi connectivity index (χ4v) is 7.25. The van der Waals surface area contributed by atoms with Crippen LogP contribution < -0.4 is 41.8 Å². The summed E-state index contributed by atoms with van der Waals surface area (Å²) in [7, 11) is -4.30. The molecule has 0 aliphatic heterocycles. The zero-order valence-corrected chi connectivity index (χ0v) is 31.4. The molecule has 0 unspecified atom stereocenters. The number of primary amides is 2. The van der Waals surface area contributed by atoms with Crippen molar-refractivity contribution in [3.8, 4) is 22.6 Å². The van der Waals surface area contributed by atoms with E-state index in [-0.39, 0.29) is 26.9 Å². The van der Waals surface area contributed by atoms with Gasteiger partial charge in [-0.15, -0.1) is 0 Å². The van der Waals surface area contributed by atoms with E-state index in [0.717, 1.165) is 10.5 Å². The molecule has 7 N–H and O–H groups in total. The number of hydrogen-bond donors (Lipinski definition) is 5. The van der Waals surface area contributed by atoms with Gasteiger partial charge < -0.3 is 26.3 Å². The molecule has 0 aromatic heterocycles. The Bertz CT molecular complexity index is 2590. The summed E-state index contributed by atoms with van der Waals surface area (Å²) in [4.78, 5) is 51.0. The molecule has 0 fully saturated rings. The molecule has 288 valence electrons. The fourth-order valence-electron chi connectivity index (χ4n) is 5.86. The Balaban J connectivity index is 1.26. The van der Waals surface area contributed by atoms with Crippen LogP contribution in [0.5, 0.6) is 11.5 Å². The molecule has 0 spiro atoms. The van der Waals surface area contributed by atoms with Crippen molar-refractivity contribution in [2.45, 2.75) is 23.6 Å². The first-order chi connectivity index (χ1) is 27.3. The van der Waals surface area contributed by atoms with E-state index in [4.69, 9.17) is 20.9 Å². The van der Waals surface area contributed by atoms with Gasteiger partial charge in [-0.05, 0) is 109 Å². The number of rotatable bonds is 10. The molecule has 0 aliphatic carbocycles. The largest absolute Gasteiger partial charge is 0.417 e. The Morgan fingerprint density at radius 3 is 1.74 bits per heavy atom. The maximum atomic E-state index is 14.1. The Morgan fingerprint density at radius 1 is 0.579 bits per heavy atom. The SMILES string of the molecule is Cc1ccc(-c2ccc(S(=O)(=O)c3ccc(N(C(N)=O)c4cccc(NC(=O)Oc5ccccc5)c4C)cc3NC(N)=O)cc2)cc1NC(=O)Oc1ccccc1. The van der Waals surface area contributed by atoms with Gasteiger partial charge in [-0.2, -0.15) is 0 Å². The maximum absolute atomic E-state index is 14.1. The average molecular weight is 785 g/mol. The van der Waals surface area contributed by atoms with Gasteiger partial charge in [-0.25, -0.2) is 27.6 Å². The van der Waals surface area contributed by atoms with Gasteiger partial charge in [-0.3, -0.25) is 15.5 Å². The summed E-state index contributed by atoms with van der Waals surface area (Å²) in [6.45, 7) is 3.47. The molecule has 14 nitrogen and oxygen atoms in total. The van der Waals surface area contributed by atoms with Crippen molar-refractivity contribution < 1.29 is 37.1 Å². The van der Waals surface area contributed by atoms with Crippen molar-refractivity contribution in [2.75, 3.05) is 20.9 Å². The molecule has 0 aliphatic rings. The predicted octanol–water partition coefficient (Wildman–Crippen LogP) is 8.73. The number of carbonyl (C=O) groups is 4. The number of urea groups is 2. The van der Waals surface area contributed by atoms with E-state index in [1.165, 1.54) is 30.3 Å². The second kappa shape index (κ2) is 16.8. The van der Waals surface area contributed by atoms with Crippen LogP contribution in [0.3, 0.4) is 0 Å². The molecule has 6 rings (SSSR count). The lowest BCUT2D eigenvalue weighted by Gasteiger charge is -2.25. The predicted molar refractivity (Wildman–Crippen MR) is 217 cm³/mol. The molecule has 0 saturated heterocycles. The van der Waals surface area contributed by atoms with Crippen molar-refractivity contribution in [2.24, 2.45) is 11.5 Å². The molecule has 6 aromatic carbocycles. The first-order valence-electron chi connectivity index (χ1n) is 17.2. The lowest BCUT2D eigenvalue weighted by molar-refractivity contribution is 0.214. The number of sulfone groups is 1. The second-order valence-electron chi connectivity index (χ2n) is 12.5. The number of carbonyl (C=O) groups excluding carboxylic acids is 4. The highest BCUT2D eigenvalue weighted by molar-refractivity contribution is 7.91. The minimum absolute atomic E-state index is 0.0871. The normalized spacial score (nSPS) is 10.8. The Kier molecular flexibility index (Phi) is 11.5. The molecule has 6 amide bonds. The Labute approximate surface area is 327 Å². The lowest BCUT2D eigenvalue weighted by Crippen LogP contribution is -2.32. The zero-order valence-electron chi connectivity index (χ0n) is 30.6. The van der Waals surface area contributed by atoms with Gasteiger partial charge in [0, 0.05) is 11.4 Å². The van der Waals surface area contributed by atoms with Crippen LogP contribution in [0.1, 0.15) is 11.1 Å². The van der Waals surface area contributed by atoms with Crippen LogP contribution >= 0.6 is 0 Å². The third-order valence-corrected chi connectivity index (χ3v) is 10.5. The number of ether oxygens (including phenoxy) is 2. The average Bonchev–Trinajstić information content (AvgIpc) is 3.17. The Morgan fingerprint density at radius 2 is 1.16 bits per heavy atom. The van der Waals surface area contributed by atoms with E-state index in [2.05, 4.69) is 16.0 Å². The van der Waals surface area contributed by atoms with Crippen LogP contribution in [-0.2, 0) is 9.84 Å². The molecule has 0 saturated carbocycles. The highest BCUT2D eigenvalue weighted by Crippen LogP contribution is 2.37. The number of benzene rings is 6. The molecule has 57 heavy (non-hydrogen) atoms. The van der Waals surface area contributed by atoms with Crippen LogP contribution in [-0.4, -0.2) is 32.7 Å². The summed E-state index contributed by atoms with van der Waals surface area (Å²) in [5.74, 6) is 0.702. The van der Waals surface area contributed by atoms with E-state index < -0.39 is 34.1 Å². The van der Waals surface area contributed by atoms with E-state index >= 15 is 0 Å². The number of amides is 6. The third-order valence-electron chi connectivity index (χ3n) is 8.65. The smallest absolute Gasteiger partial charge is 0.410 e. The van der Waals surface area contributed by atoms with Crippen LogP contribution in [0.2, 0.25) is 0 Å². The summed E-state index contributed by atoms with van der Waals surface area (Å²) < 4.78 is 38.8. The molecular weight excluding hydrogens is 749 g/mol. The summed E-state index contributed by atoms with van der Waals surface area (Å²) in [5, 5.41) is 7.74. The van der Waals surface area contributed by atoms with Crippen molar-refractivity contribution in [3.63, 3.8) is 0 Å². The van der Waals surface area contributed by atoms with Crippen LogP contribution in [0, 0.1) is 13.8 Å². The van der Waals surface area contributed by atoms with Gasteiger partial charge >= 0.3 is 24.2 Å². The van der Waals surface area contributed by atoms with Crippen molar-refractivity contribution in [3.05, 3.63) is 151 Å². The van der Waals surface area contributed by atoms with E-state index in [1.54, 1.807) is 104 Å². The summed E-state index contributed by atoms with van der Waals surface area (Å²) in [6, 6.07) is 35.0. The van der Waals surface area contributed by atoms with Crippen molar-refractivity contribution in [1.29, 1.82) is 0 Å². The molecule has 0 bridgehead atoms. The van der Waals surface area contributed by atoms with Gasteiger partial charge in [0.05, 0.1) is 26.9 Å². The molecule has 0 radical (unpaired) electrons. The number of nitrogens with zero attached hydrogens (tertiary/aromatic N) is 1. The summed E-state index contributed by atoms with van der Waals surface area (Å²) in [5.41, 5.74) is 14.8. The number of para-hydroxylation sites is 2. The summed E-state index contributed by atoms with van der Waals surface area (Å²) >= 11 is 0. The number of hydrogen-bond acceptors (Lipinski definition) is 8. The van der Waals surface area contributed by atoms with Gasteiger partial charge in [0.15, 0.2) is 0 Å². The summed E-state index contributed by atoms with van der Waals surface area (Å²) in [6.07, 6.45) is -1.45. The highest BCUT2D eigenvalue weighted by Gasteiger charge is 2.26. The van der Waals surface area contributed by atoms with Gasteiger partial charge in [-0.1, -0.05) is 66.7 Å².